The Kier molecular flexibility index (Phi) is 5.90. The Morgan fingerprint density at radius 2 is 1.23 bits per heavy atom. The number of nitrogens with zero attached hydrogens (tertiary/aromatic N) is 1. The van der Waals surface area contributed by atoms with Gasteiger partial charge in [0, 0.05) is 11.3 Å². The summed E-state index contributed by atoms with van der Waals surface area (Å²) in [7, 11) is 0. The minimum Gasteiger partial charge on any atom is -0.354 e. The van der Waals surface area contributed by atoms with Gasteiger partial charge in [0.05, 0.1) is 17.4 Å². The van der Waals surface area contributed by atoms with Gasteiger partial charge in [0.1, 0.15) is 5.84 Å². The maximum atomic E-state index is 9.08. The van der Waals surface area contributed by atoms with Crippen LogP contribution >= 0.6 is 0 Å². The van der Waals surface area contributed by atoms with E-state index in [1.165, 1.54) is 0 Å². The van der Waals surface area contributed by atoms with Crippen molar-refractivity contribution < 1.29 is 0 Å². The number of para-hydroxylation sites is 3. The van der Waals surface area contributed by atoms with Crippen LogP contribution in [0.1, 0.15) is 24.1 Å². The van der Waals surface area contributed by atoms with Gasteiger partial charge in [0.15, 0.2) is 0 Å². The minimum absolute atomic E-state index is 0.0161. The largest absolute Gasteiger partial charge is 0.354 e. The first-order chi connectivity index (χ1) is 14.7. The fourth-order valence-electron chi connectivity index (χ4n) is 3.60. The number of anilines is 3. The molecule has 0 spiro atoms. The first-order valence-corrected chi connectivity index (χ1v) is 10.1. The molecule has 30 heavy (non-hydrogen) atoms. The van der Waals surface area contributed by atoms with Crippen molar-refractivity contribution in [2.75, 3.05) is 10.2 Å². The zero-order valence-electron chi connectivity index (χ0n) is 17.0. The Morgan fingerprint density at radius 1 is 0.700 bits per heavy atom. The molecule has 4 rings (SSSR count). The van der Waals surface area contributed by atoms with Gasteiger partial charge in [-0.15, -0.1) is 0 Å². The van der Waals surface area contributed by atoms with E-state index in [9.17, 15) is 0 Å². The van der Waals surface area contributed by atoms with E-state index < -0.39 is 0 Å². The SMILES string of the molecule is CC(c1ccccc1)N(C(=N)c1ccccc1)c1ccccc1Nc1ccccc1. The Hall–Kier alpha value is -3.85. The molecule has 0 saturated carbocycles. The third kappa shape index (κ3) is 4.26. The van der Waals surface area contributed by atoms with Crippen LogP contribution in [0.25, 0.3) is 0 Å². The van der Waals surface area contributed by atoms with Gasteiger partial charge in [0.2, 0.25) is 0 Å². The van der Waals surface area contributed by atoms with Gasteiger partial charge in [-0.2, -0.15) is 0 Å². The van der Waals surface area contributed by atoms with Crippen molar-refractivity contribution in [3.05, 3.63) is 126 Å². The monoisotopic (exact) mass is 391 g/mol. The summed E-state index contributed by atoms with van der Waals surface area (Å²) in [5, 5.41) is 12.6. The van der Waals surface area contributed by atoms with Gasteiger partial charge in [-0.05, 0) is 36.8 Å². The molecule has 1 unspecified atom stereocenters. The molecule has 0 aliphatic heterocycles. The lowest BCUT2D eigenvalue weighted by atomic mass is 10.0. The molecule has 3 nitrogen and oxygen atoms in total. The van der Waals surface area contributed by atoms with Crippen LogP contribution in [0.4, 0.5) is 17.1 Å². The topological polar surface area (TPSA) is 39.1 Å². The van der Waals surface area contributed by atoms with E-state index in [-0.39, 0.29) is 6.04 Å². The molecule has 148 valence electrons. The van der Waals surface area contributed by atoms with E-state index in [0.717, 1.165) is 28.2 Å². The number of nitrogens with one attached hydrogen (secondary N) is 2. The van der Waals surface area contributed by atoms with Crippen molar-refractivity contribution in [2.24, 2.45) is 0 Å². The lowest BCUT2D eigenvalue weighted by molar-refractivity contribution is 0.789. The molecule has 2 N–H and O–H groups in total. The summed E-state index contributed by atoms with van der Waals surface area (Å²) >= 11 is 0. The van der Waals surface area contributed by atoms with Crippen LogP contribution in [-0.2, 0) is 0 Å². The molecule has 3 heteroatoms. The molecule has 0 heterocycles. The summed E-state index contributed by atoms with van der Waals surface area (Å²) in [5.41, 5.74) is 4.99. The van der Waals surface area contributed by atoms with Crippen molar-refractivity contribution in [1.29, 1.82) is 5.41 Å². The van der Waals surface area contributed by atoms with E-state index in [4.69, 9.17) is 5.41 Å². The molecular formula is C27H25N3. The van der Waals surface area contributed by atoms with Crippen molar-refractivity contribution in [3.8, 4) is 0 Å². The van der Waals surface area contributed by atoms with E-state index >= 15 is 0 Å². The highest BCUT2D eigenvalue weighted by Crippen LogP contribution is 2.35. The number of amidine groups is 1. The van der Waals surface area contributed by atoms with Crippen molar-refractivity contribution in [1.82, 2.24) is 0 Å². The van der Waals surface area contributed by atoms with Gasteiger partial charge in [-0.25, -0.2) is 0 Å². The van der Waals surface area contributed by atoms with Gasteiger partial charge in [-0.1, -0.05) is 91.0 Å². The molecule has 0 saturated heterocycles. The Labute approximate surface area is 178 Å². The molecule has 0 bridgehead atoms. The molecule has 4 aromatic rings. The van der Waals surface area contributed by atoms with Crippen molar-refractivity contribution in [2.45, 2.75) is 13.0 Å². The molecule has 4 aromatic carbocycles. The average Bonchev–Trinajstić information content (AvgIpc) is 2.82. The second-order valence-electron chi connectivity index (χ2n) is 7.18. The van der Waals surface area contributed by atoms with Gasteiger partial charge in [-0.3, -0.25) is 5.41 Å². The maximum absolute atomic E-state index is 9.08. The predicted molar refractivity (Wildman–Crippen MR) is 127 cm³/mol. The Bertz CT molecular complexity index is 1090. The summed E-state index contributed by atoms with van der Waals surface area (Å²) in [6.45, 7) is 2.14. The highest BCUT2D eigenvalue weighted by molar-refractivity contribution is 6.10. The second-order valence-corrected chi connectivity index (χ2v) is 7.18. The average molecular weight is 392 g/mol. The number of benzene rings is 4. The van der Waals surface area contributed by atoms with Crippen LogP contribution in [0.15, 0.2) is 115 Å². The van der Waals surface area contributed by atoms with E-state index in [0.29, 0.717) is 5.84 Å². The third-order valence-corrected chi connectivity index (χ3v) is 5.17. The number of hydrogen-bond acceptors (Lipinski definition) is 2. The van der Waals surface area contributed by atoms with E-state index in [1.54, 1.807) is 0 Å². The zero-order valence-corrected chi connectivity index (χ0v) is 17.0. The number of hydrogen-bond donors (Lipinski definition) is 2. The second kappa shape index (κ2) is 9.10. The summed E-state index contributed by atoms with van der Waals surface area (Å²) in [5.74, 6) is 0.467. The fraction of sp³-hybridized carbons (Fsp3) is 0.0741. The number of rotatable bonds is 6. The Morgan fingerprint density at radius 3 is 1.90 bits per heavy atom. The normalized spacial score (nSPS) is 11.5. The molecule has 0 radical (unpaired) electrons. The van der Waals surface area contributed by atoms with Crippen LogP contribution in [0.3, 0.4) is 0 Å². The third-order valence-electron chi connectivity index (χ3n) is 5.17. The van der Waals surface area contributed by atoms with E-state index in [2.05, 4.69) is 41.4 Å². The lowest BCUT2D eigenvalue weighted by Gasteiger charge is -2.33. The molecule has 0 amide bonds. The molecule has 0 aliphatic carbocycles. The van der Waals surface area contributed by atoms with E-state index in [1.807, 2.05) is 91.0 Å². The summed E-state index contributed by atoms with van der Waals surface area (Å²) in [6, 6.07) is 38.5. The first kappa shape index (κ1) is 19.5. The van der Waals surface area contributed by atoms with Gasteiger partial charge < -0.3 is 10.2 Å². The fourth-order valence-corrected chi connectivity index (χ4v) is 3.60. The first-order valence-electron chi connectivity index (χ1n) is 10.1. The quantitative estimate of drug-likeness (QED) is 0.274. The predicted octanol–water partition coefficient (Wildman–Crippen LogP) is 7.02. The summed E-state index contributed by atoms with van der Waals surface area (Å²) < 4.78 is 0. The summed E-state index contributed by atoms with van der Waals surface area (Å²) in [6.07, 6.45) is 0. The van der Waals surface area contributed by atoms with Gasteiger partial charge in [0.25, 0.3) is 0 Å². The Balaban J connectivity index is 1.79. The zero-order chi connectivity index (χ0) is 20.8. The molecule has 0 aromatic heterocycles. The highest BCUT2D eigenvalue weighted by Gasteiger charge is 2.24. The van der Waals surface area contributed by atoms with Crippen LogP contribution in [0.5, 0.6) is 0 Å². The van der Waals surface area contributed by atoms with Crippen LogP contribution in [-0.4, -0.2) is 5.84 Å². The van der Waals surface area contributed by atoms with Crippen molar-refractivity contribution in [3.63, 3.8) is 0 Å². The van der Waals surface area contributed by atoms with Gasteiger partial charge >= 0.3 is 0 Å². The smallest absolute Gasteiger partial charge is 0.133 e. The van der Waals surface area contributed by atoms with Crippen LogP contribution in [0.2, 0.25) is 0 Å². The minimum atomic E-state index is -0.0161. The van der Waals surface area contributed by atoms with Crippen LogP contribution in [0, 0.1) is 5.41 Å². The lowest BCUT2D eigenvalue weighted by Crippen LogP contribution is -2.34. The maximum Gasteiger partial charge on any atom is 0.133 e. The molecule has 1 atom stereocenters. The van der Waals surface area contributed by atoms with Crippen LogP contribution < -0.4 is 10.2 Å². The molecule has 0 fully saturated rings. The molecule has 0 aliphatic rings. The molecular weight excluding hydrogens is 366 g/mol. The summed E-state index contributed by atoms with van der Waals surface area (Å²) in [4.78, 5) is 2.09. The van der Waals surface area contributed by atoms with Crippen molar-refractivity contribution >= 4 is 22.9 Å². The highest BCUT2D eigenvalue weighted by atomic mass is 15.2. The standard InChI is InChI=1S/C27H25N3/c1-21(22-13-5-2-6-14-22)30(27(28)23-15-7-3-8-16-23)26-20-12-11-19-25(26)29-24-17-9-4-10-18-24/h2-21,28-29H,1H3.